The molecular weight excluding hydrogens is 403 g/mol. The lowest BCUT2D eigenvalue weighted by atomic mass is 10.1. The molecule has 2 amide bonds. The maximum atomic E-state index is 13.1. The summed E-state index contributed by atoms with van der Waals surface area (Å²) in [7, 11) is 0. The van der Waals surface area contributed by atoms with E-state index in [4.69, 9.17) is 0 Å². The van der Waals surface area contributed by atoms with Gasteiger partial charge in [-0.25, -0.2) is 14.2 Å². The molecule has 3 aromatic rings. The molecule has 30 heavy (non-hydrogen) atoms. The van der Waals surface area contributed by atoms with Crippen molar-refractivity contribution in [2.45, 2.75) is 26.3 Å². The van der Waals surface area contributed by atoms with Crippen molar-refractivity contribution in [3.63, 3.8) is 0 Å². The number of halogens is 1. The van der Waals surface area contributed by atoms with Gasteiger partial charge in [0.15, 0.2) is 10.9 Å². The first kappa shape index (κ1) is 20.2. The number of aromatic nitrogens is 2. The van der Waals surface area contributed by atoms with Gasteiger partial charge >= 0.3 is 6.03 Å². The summed E-state index contributed by atoms with van der Waals surface area (Å²) in [4.78, 5) is 38.1. The quantitative estimate of drug-likeness (QED) is 0.532. The fraction of sp³-hybridized carbons (Fsp3) is 0.273. The smallest absolute Gasteiger partial charge is 0.318 e. The van der Waals surface area contributed by atoms with E-state index in [1.165, 1.54) is 23.5 Å². The third-order valence-corrected chi connectivity index (χ3v) is 6.21. The zero-order valence-corrected chi connectivity index (χ0v) is 17.4. The number of hydrogen-bond donors (Lipinski definition) is 0. The number of Topliss-reactive ketones (excluding diaryl/α,β-unsaturated/α-hetero) is 1. The summed E-state index contributed by atoms with van der Waals surface area (Å²) in [6.07, 6.45) is 2.64. The molecule has 6 nitrogen and oxygen atoms in total. The van der Waals surface area contributed by atoms with Crippen LogP contribution in [0.2, 0.25) is 0 Å². The van der Waals surface area contributed by atoms with E-state index < -0.39 is 0 Å². The highest BCUT2D eigenvalue weighted by Crippen LogP contribution is 2.30. The highest BCUT2D eigenvalue weighted by molar-refractivity contribution is 7.17. The minimum Gasteiger partial charge on any atom is -0.318 e. The number of rotatable bonds is 7. The molecule has 1 aliphatic heterocycles. The van der Waals surface area contributed by atoms with Gasteiger partial charge in [-0.1, -0.05) is 29.5 Å². The zero-order chi connectivity index (χ0) is 21.1. The molecule has 0 bridgehead atoms. The van der Waals surface area contributed by atoms with Gasteiger partial charge in [0.25, 0.3) is 0 Å². The number of aryl methyl sites for hydroxylation is 2. The number of thiazole rings is 1. The van der Waals surface area contributed by atoms with Crippen molar-refractivity contribution in [1.29, 1.82) is 0 Å². The molecule has 0 saturated carbocycles. The van der Waals surface area contributed by atoms with Crippen LogP contribution in [0.5, 0.6) is 0 Å². The summed E-state index contributed by atoms with van der Waals surface area (Å²) < 4.78 is 13.1. The first-order chi connectivity index (χ1) is 14.5. The summed E-state index contributed by atoms with van der Waals surface area (Å²) in [5.41, 5.74) is 2.39. The molecular formula is C22H21FN4O2S. The molecule has 0 atom stereocenters. The van der Waals surface area contributed by atoms with Crippen LogP contribution < -0.4 is 4.90 Å². The number of nitrogens with zero attached hydrogens (tertiary/aromatic N) is 4. The van der Waals surface area contributed by atoms with Gasteiger partial charge in [0.05, 0.1) is 10.6 Å². The SMILES string of the molecule is Cc1nc(N2CCN(Cc3ccc(F)cc3)C2=O)sc1C(=O)CCc1ccccn1. The van der Waals surface area contributed by atoms with Crippen molar-refractivity contribution in [1.82, 2.24) is 14.9 Å². The van der Waals surface area contributed by atoms with E-state index in [-0.39, 0.29) is 17.6 Å². The molecule has 3 heterocycles. The number of pyridine rings is 1. The standard InChI is InChI=1S/C22H21FN4O2S/c1-15-20(19(28)10-9-18-4-2-3-11-24-18)30-21(25-15)27-13-12-26(22(27)29)14-16-5-7-17(23)8-6-16/h2-8,11H,9-10,12-14H2,1H3. The summed E-state index contributed by atoms with van der Waals surface area (Å²) >= 11 is 1.26. The van der Waals surface area contributed by atoms with E-state index in [1.54, 1.807) is 35.1 Å². The summed E-state index contributed by atoms with van der Waals surface area (Å²) in [6.45, 7) is 3.27. The van der Waals surface area contributed by atoms with Gasteiger partial charge in [0.2, 0.25) is 0 Å². The number of carbonyl (C=O) groups is 2. The Labute approximate surface area is 178 Å². The molecule has 0 radical (unpaired) electrons. The van der Waals surface area contributed by atoms with Crippen LogP contribution in [0, 0.1) is 12.7 Å². The lowest BCUT2D eigenvalue weighted by molar-refractivity contribution is 0.0985. The maximum absolute atomic E-state index is 13.1. The first-order valence-corrected chi connectivity index (χ1v) is 10.5. The Kier molecular flexibility index (Phi) is 5.85. The fourth-order valence-corrected chi connectivity index (χ4v) is 4.43. The maximum Gasteiger partial charge on any atom is 0.326 e. The van der Waals surface area contributed by atoms with Crippen molar-refractivity contribution in [3.05, 3.63) is 76.3 Å². The summed E-state index contributed by atoms with van der Waals surface area (Å²) in [5.74, 6) is -0.289. The number of anilines is 1. The first-order valence-electron chi connectivity index (χ1n) is 9.72. The minimum atomic E-state index is -0.299. The summed E-state index contributed by atoms with van der Waals surface area (Å²) in [5, 5.41) is 0.542. The van der Waals surface area contributed by atoms with Crippen molar-refractivity contribution in [2.24, 2.45) is 0 Å². The van der Waals surface area contributed by atoms with E-state index in [2.05, 4.69) is 9.97 Å². The van der Waals surface area contributed by atoms with Crippen molar-refractivity contribution >= 4 is 28.3 Å². The van der Waals surface area contributed by atoms with E-state index in [1.807, 2.05) is 18.2 Å². The van der Waals surface area contributed by atoms with Crippen LogP contribution >= 0.6 is 11.3 Å². The molecule has 0 N–H and O–H groups in total. The van der Waals surface area contributed by atoms with Crippen LogP contribution in [-0.4, -0.2) is 39.8 Å². The molecule has 0 aliphatic carbocycles. The number of amides is 2. The topological polar surface area (TPSA) is 66.4 Å². The average Bonchev–Trinajstić information content (AvgIpc) is 3.31. The lowest BCUT2D eigenvalue weighted by Gasteiger charge is -2.16. The Balaban J connectivity index is 1.41. The fourth-order valence-electron chi connectivity index (χ4n) is 3.37. The van der Waals surface area contributed by atoms with E-state index in [0.717, 1.165) is 11.3 Å². The van der Waals surface area contributed by atoms with Gasteiger partial charge in [-0.3, -0.25) is 14.7 Å². The Hall–Kier alpha value is -3.13. The van der Waals surface area contributed by atoms with E-state index in [9.17, 15) is 14.0 Å². The molecule has 1 fully saturated rings. The van der Waals surface area contributed by atoms with Crippen LogP contribution in [0.25, 0.3) is 0 Å². The Bertz CT molecular complexity index is 1050. The van der Waals surface area contributed by atoms with Crippen LogP contribution in [-0.2, 0) is 13.0 Å². The van der Waals surface area contributed by atoms with Gasteiger partial charge in [-0.2, -0.15) is 0 Å². The minimum absolute atomic E-state index is 0.0108. The third-order valence-electron chi connectivity index (χ3n) is 4.99. The third kappa shape index (κ3) is 4.38. The molecule has 1 saturated heterocycles. The van der Waals surface area contributed by atoms with Crippen LogP contribution in [0.15, 0.2) is 48.7 Å². The van der Waals surface area contributed by atoms with Crippen LogP contribution in [0.4, 0.5) is 14.3 Å². The highest BCUT2D eigenvalue weighted by atomic mass is 32.1. The number of carbonyl (C=O) groups excluding carboxylic acids is 2. The van der Waals surface area contributed by atoms with Gasteiger partial charge < -0.3 is 4.90 Å². The molecule has 8 heteroatoms. The number of hydrogen-bond acceptors (Lipinski definition) is 5. The van der Waals surface area contributed by atoms with Crippen molar-refractivity contribution in [2.75, 3.05) is 18.0 Å². The predicted molar refractivity (Wildman–Crippen MR) is 113 cm³/mol. The highest BCUT2D eigenvalue weighted by Gasteiger charge is 2.32. The van der Waals surface area contributed by atoms with Crippen molar-refractivity contribution < 1.29 is 14.0 Å². The Morgan fingerprint density at radius 1 is 1.17 bits per heavy atom. The lowest BCUT2D eigenvalue weighted by Crippen LogP contribution is -2.31. The van der Waals surface area contributed by atoms with E-state index in [0.29, 0.717) is 48.2 Å². The van der Waals surface area contributed by atoms with Gasteiger partial charge in [-0.05, 0) is 43.2 Å². The second-order valence-electron chi connectivity index (χ2n) is 7.14. The predicted octanol–water partition coefficient (Wildman–Crippen LogP) is 4.24. The Morgan fingerprint density at radius 2 is 1.97 bits per heavy atom. The van der Waals surface area contributed by atoms with Crippen molar-refractivity contribution in [3.8, 4) is 0 Å². The number of benzene rings is 1. The molecule has 1 aromatic carbocycles. The number of ketones is 1. The molecule has 0 spiro atoms. The number of urea groups is 1. The second-order valence-corrected chi connectivity index (χ2v) is 8.11. The molecule has 2 aromatic heterocycles. The van der Waals surface area contributed by atoms with Gasteiger partial charge in [0, 0.05) is 37.9 Å². The average molecular weight is 425 g/mol. The Morgan fingerprint density at radius 3 is 2.70 bits per heavy atom. The monoisotopic (exact) mass is 424 g/mol. The van der Waals surface area contributed by atoms with Crippen LogP contribution in [0.3, 0.4) is 0 Å². The molecule has 4 rings (SSSR count). The second kappa shape index (κ2) is 8.71. The zero-order valence-electron chi connectivity index (χ0n) is 16.5. The summed E-state index contributed by atoms with van der Waals surface area (Å²) in [6, 6.07) is 11.6. The largest absolute Gasteiger partial charge is 0.326 e. The molecule has 0 unspecified atom stereocenters. The molecule has 1 aliphatic rings. The van der Waals surface area contributed by atoms with Gasteiger partial charge in [0.1, 0.15) is 5.82 Å². The van der Waals surface area contributed by atoms with Gasteiger partial charge in [-0.15, -0.1) is 0 Å². The van der Waals surface area contributed by atoms with Crippen LogP contribution in [0.1, 0.15) is 33.0 Å². The normalized spacial score (nSPS) is 13.9. The molecule has 154 valence electrons. The van der Waals surface area contributed by atoms with E-state index >= 15 is 0 Å².